The lowest BCUT2D eigenvalue weighted by Gasteiger charge is -2.42. The van der Waals surface area contributed by atoms with Crippen molar-refractivity contribution in [3.8, 4) is 0 Å². The Morgan fingerprint density at radius 1 is 1.11 bits per heavy atom. The molecule has 0 saturated carbocycles. The van der Waals surface area contributed by atoms with Crippen LogP contribution in [0.15, 0.2) is 42.5 Å². The van der Waals surface area contributed by atoms with Gasteiger partial charge in [-0.25, -0.2) is 13.6 Å². The predicted octanol–water partition coefficient (Wildman–Crippen LogP) is 3.27. The molecule has 8 heteroatoms. The zero-order chi connectivity index (χ0) is 20.6. The number of esters is 1. The molecule has 1 heterocycles. The fourth-order valence-electron chi connectivity index (χ4n) is 2.98. The van der Waals surface area contributed by atoms with E-state index in [-0.39, 0.29) is 5.56 Å². The Kier molecular flexibility index (Phi) is 4.89. The molecule has 0 aliphatic carbocycles. The van der Waals surface area contributed by atoms with E-state index >= 15 is 0 Å². The van der Waals surface area contributed by atoms with Crippen molar-refractivity contribution in [1.29, 1.82) is 0 Å². The maximum absolute atomic E-state index is 13.3. The van der Waals surface area contributed by atoms with E-state index in [1.807, 2.05) is 0 Å². The summed E-state index contributed by atoms with van der Waals surface area (Å²) in [6.45, 7) is 4.46. The van der Waals surface area contributed by atoms with E-state index in [0.29, 0.717) is 17.4 Å². The van der Waals surface area contributed by atoms with Crippen molar-refractivity contribution in [2.24, 2.45) is 0 Å². The fraction of sp³-hybridized carbons (Fsp3) is 0.250. The van der Waals surface area contributed by atoms with Crippen LogP contribution in [0, 0.1) is 11.6 Å². The Morgan fingerprint density at radius 2 is 1.71 bits per heavy atom. The number of nitrogens with one attached hydrogen (secondary N) is 1. The van der Waals surface area contributed by atoms with Gasteiger partial charge in [0.1, 0.15) is 17.2 Å². The maximum Gasteiger partial charge on any atom is 0.339 e. The predicted molar refractivity (Wildman–Crippen MR) is 97.9 cm³/mol. The molecule has 0 radical (unpaired) electrons. The van der Waals surface area contributed by atoms with Crippen LogP contribution in [-0.2, 0) is 14.3 Å². The van der Waals surface area contributed by atoms with Crippen LogP contribution in [0.1, 0.15) is 31.1 Å². The van der Waals surface area contributed by atoms with Gasteiger partial charge in [0.15, 0.2) is 6.10 Å². The van der Waals surface area contributed by atoms with Crippen molar-refractivity contribution >= 4 is 29.2 Å². The number of nitrogens with zero attached hydrogens (tertiary/aromatic N) is 1. The minimum absolute atomic E-state index is 0.354. The lowest BCUT2D eigenvalue weighted by molar-refractivity contribution is -0.131. The van der Waals surface area contributed by atoms with Crippen LogP contribution in [0.25, 0.3) is 0 Å². The second-order valence-electron chi connectivity index (χ2n) is 6.91. The van der Waals surface area contributed by atoms with Gasteiger partial charge < -0.3 is 10.1 Å². The summed E-state index contributed by atoms with van der Waals surface area (Å²) < 4.78 is 31.7. The van der Waals surface area contributed by atoms with Gasteiger partial charge in [0.25, 0.3) is 5.91 Å². The van der Waals surface area contributed by atoms with Gasteiger partial charge >= 0.3 is 5.97 Å². The van der Waals surface area contributed by atoms with Gasteiger partial charge in [0.2, 0.25) is 5.91 Å². The minimum atomic E-state index is -1.29. The van der Waals surface area contributed by atoms with Crippen LogP contribution in [-0.4, -0.2) is 29.4 Å². The van der Waals surface area contributed by atoms with E-state index in [2.05, 4.69) is 5.32 Å². The van der Waals surface area contributed by atoms with Crippen molar-refractivity contribution in [1.82, 2.24) is 0 Å². The summed E-state index contributed by atoms with van der Waals surface area (Å²) in [7, 11) is 0. The average Bonchev–Trinajstić information content (AvgIpc) is 2.61. The van der Waals surface area contributed by atoms with Gasteiger partial charge in [-0.05, 0) is 45.0 Å². The molecule has 2 aromatic rings. The van der Waals surface area contributed by atoms with Crippen molar-refractivity contribution in [2.45, 2.75) is 32.4 Å². The summed E-state index contributed by atoms with van der Waals surface area (Å²) in [6, 6.07) is 8.98. The molecule has 1 N–H and O–H groups in total. The number of amides is 2. The Bertz CT molecular complexity index is 954. The molecule has 2 aromatic carbocycles. The lowest BCUT2D eigenvalue weighted by atomic mass is 9.95. The van der Waals surface area contributed by atoms with Gasteiger partial charge in [0, 0.05) is 6.07 Å². The summed E-state index contributed by atoms with van der Waals surface area (Å²) in [6.07, 6.45) is -1.29. The number of para-hydroxylation sites is 2. The summed E-state index contributed by atoms with van der Waals surface area (Å²) in [5, 5.41) is 2.73. The van der Waals surface area contributed by atoms with Crippen LogP contribution >= 0.6 is 0 Å². The largest absolute Gasteiger partial charge is 0.449 e. The van der Waals surface area contributed by atoms with Crippen LogP contribution in [0.5, 0.6) is 0 Å². The van der Waals surface area contributed by atoms with Crippen molar-refractivity contribution in [2.75, 3.05) is 10.2 Å². The topological polar surface area (TPSA) is 75.7 Å². The lowest BCUT2D eigenvalue weighted by Crippen LogP contribution is -2.60. The minimum Gasteiger partial charge on any atom is -0.449 e. The molecule has 3 rings (SSSR count). The van der Waals surface area contributed by atoms with E-state index in [4.69, 9.17) is 4.74 Å². The Hall–Kier alpha value is -3.29. The Labute approximate surface area is 160 Å². The summed E-state index contributed by atoms with van der Waals surface area (Å²) in [5.74, 6) is -3.96. The molecule has 0 bridgehead atoms. The van der Waals surface area contributed by atoms with Gasteiger partial charge in [-0.15, -0.1) is 0 Å². The smallest absolute Gasteiger partial charge is 0.339 e. The highest BCUT2D eigenvalue weighted by molar-refractivity contribution is 6.15. The highest BCUT2D eigenvalue weighted by Gasteiger charge is 2.45. The third kappa shape index (κ3) is 3.45. The second-order valence-corrected chi connectivity index (χ2v) is 6.91. The van der Waals surface area contributed by atoms with Crippen LogP contribution in [0.4, 0.5) is 20.2 Å². The van der Waals surface area contributed by atoms with E-state index in [9.17, 15) is 23.2 Å². The number of rotatable bonds is 3. The molecule has 28 heavy (non-hydrogen) atoms. The number of carbonyl (C=O) groups is 3. The zero-order valence-electron chi connectivity index (χ0n) is 15.5. The van der Waals surface area contributed by atoms with Crippen molar-refractivity contribution < 1.29 is 27.9 Å². The van der Waals surface area contributed by atoms with E-state index < -0.39 is 41.1 Å². The number of benzene rings is 2. The molecular formula is C20H18F2N2O4. The molecule has 0 spiro atoms. The summed E-state index contributed by atoms with van der Waals surface area (Å²) >= 11 is 0. The standard InChI is InChI=1S/C20H18F2N2O4/c1-11(28-18(26)12-8-13(21)10-14(22)9-12)17(25)24-16-7-5-4-6-15(16)23-19(27)20(24,2)3/h4-11H,1-3H3,(H,23,27)/t11-/m0/s1. The van der Waals surface area contributed by atoms with Crippen LogP contribution in [0.3, 0.4) is 0 Å². The Morgan fingerprint density at radius 3 is 2.36 bits per heavy atom. The SMILES string of the molecule is C[C@H](OC(=O)c1cc(F)cc(F)c1)C(=O)N1c2ccccc2NC(=O)C1(C)C. The summed E-state index contributed by atoms with van der Waals surface area (Å²) in [5.41, 5.74) is -0.687. The molecule has 0 fully saturated rings. The zero-order valence-corrected chi connectivity index (χ0v) is 15.5. The quantitative estimate of drug-likeness (QED) is 0.819. The van der Waals surface area contributed by atoms with Crippen LogP contribution in [0.2, 0.25) is 0 Å². The van der Waals surface area contributed by atoms with Gasteiger partial charge in [0.05, 0.1) is 16.9 Å². The highest BCUT2D eigenvalue weighted by atomic mass is 19.1. The molecule has 1 aliphatic rings. The second kappa shape index (κ2) is 7.03. The summed E-state index contributed by atoms with van der Waals surface area (Å²) in [4.78, 5) is 38.9. The number of hydrogen-bond acceptors (Lipinski definition) is 4. The number of carbonyl (C=O) groups excluding carboxylic acids is 3. The molecule has 0 saturated heterocycles. The first-order valence-corrected chi connectivity index (χ1v) is 8.53. The number of hydrogen-bond donors (Lipinski definition) is 1. The number of halogens is 2. The van der Waals surface area contributed by atoms with Gasteiger partial charge in [-0.1, -0.05) is 12.1 Å². The first kappa shape index (κ1) is 19.5. The molecule has 0 unspecified atom stereocenters. The molecule has 1 atom stereocenters. The van der Waals surface area contributed by atoms with E-state index in [1.165, 1.54) is 11.8 Å². The maximum atomic E-state index is 13.3. The van der Waals surface area contributed by atoms with E-state index in [0.717, 1.165) is 12.1 Å². The molecule has 146 valence electrons. The molecule has 6 nitrogen and oxygen atoms in total. The molecule has 0 aromatic heterocycles. The van der Waals surface area contributed by atoms with Gasteiger partial charge in [-0.3, -0.25) is 14.5 Å². The normalized spacial score (nSPS) is 16.0. The first-order chi connectivity index (χ1) is 13.1. The third-order valence-electron chi connectivity index (χ3n) is 4.46. The number of anilines is 2. The molecular weight excluding hydrogens is 370 g/mol. The highest BCUT2D eigenvalue weighted by Crippen LogP contribution is 2.37. The van der Waals surface area contributed by atoms with Gasteiger partial charge in [-0.2, -0.15) is 0 Å². The average molecular weight is 388 g/mol. The first-order valence-electron chi connectivity index (χ1n) is 8.53. The number of fused-ring (bicyclic) bond motifs is 1. The van der Waals surface area contributed by atoms with Crippen molar-refractivity contribution in [3.05, 3.63) is 59.7 Å². The molecule has 2 amide bonds. The van der Waals surface area contributed by atoms with E-state index in [1.54, 1.807) is 38.1 Å². The number of ether oxygens (including phenoxy) is 1. The van der Waals surface area contributed by atoms with Crippen LogP contribution < -0.4 is 10.2 Å². The monoisotopic (exact) mass is 388 g/mol. The third-order valence-corrected chi connectivity index (χ3v) is 4.46. The molecule has 1 aliphatic heterocycles. The fourth-order valence-corrected chi connectivity index (χ4v) is 2.98. The Balaban J connectivity index is 1.88. The van der Waals surface area contributed by atoms with Crippen molar-refractivity contribution in [3.63, 3.8) is 0 Å².